The van der Waals surface area contributed by atoms with Gasteiger partial charge in [0.15, 0.2) is 0 Å². The number of hydrogen-bond acceptors (Lipinski definition) is 3. The molecule has 0 heterocycles. The van der Waals surface area contributed by atoms with Crippen LogP contribution in [-0.4, -0.2) is 11.9 Å². The van der Waals surface area contributed by atoms with Crippen LogP contribution in [0, 0.1) is 0 Å². The molecule has 0 aromatic heterocycles. The van der Waals surface area contributed by atoms with E-state index in [0.717, 1.165) is 17.1 Å². The van der Waals surface area contributed by atoms with E-state index in [2.05, 4.69) is 5.32 Å². The van der Waals surface area contributed by atoms with Crippen LogP contribution >= 0.6 is 0 Å². The number of anilines is 3. The van der Waals surface area contributed by atoms with Gasteiger partial charge < -0.3 is 16.0 Å². The van der Waals surface area contributed by atoms with Crippen LogP contribution in [0.15, 0.2) is 66.4 Å². The van der Waals surface area contributed by atoms with Gasteiger partial charge in [-0.3, -0.25) is 4.79 Å². The van der Waals surface area contributed by atoms with E-state index in [1.165, 1.54) is 6.08 Å². The summed E-state index contributed by atoms with van der Waals surface area (Å²) in [6.45, 7) is 5.67. The Labute approximate surface area is 137 Å². The lowest BCUT2D eigenvalue weighted by Crippen LogP contribution is -2.36. The Morgan fingerprint density at radius 3 is 2.13 bits per heavy atom. The molecule has 0 radical (unpaired) electrons. The summed E-state index contributed by atoms with van der Waals surface area (Å²) in [5, 5.41) is 3.33. The highest BCUT2D eigenvalue weighted by Crippen LogP contribution is 2.23. The minimum atomic E-state index is -0.108. The molecule has 3 N–H and O–H groups in total. The molecule has 23 heavy (non-hydrogen) atoms. The summed E-state index contributed by atoms with van der Waals surface area (Å²) in [6.07, 6.45) is 1.45. The molecule has 2 aromatic rings. The third-order valence-electron chi connectivity index (χ3n) is 3.31. The van der Waals surface area contributed by atoms with Crippen LogP contribution in [0.4, 0.5) is 17.1 Å². The van der Waals surface area contributed by atoms with Crippen molar-refractivity contribution in [2.75, 3.05) is 10.2 Å². The molecule has 4 heteroatoms. The average Bonchev–Trinajstić information content (AvgIpc) is 2.49. The molecule has 0 aliphatic heterocycles. The Morgan fingerprint density at radius 1 is 1.04 bits per heavy atom. The van der Waals surface area contributed by atoms with Gasteiger partial charge in [0, 0.05) is 34.9 Å². The first kappa shape index (κ1) is 16.6. The summed E-state index contributed by atoms with van der Waals surface area (Å²) < 4.78 is 0. The standard InChI is InChI=1S/C19H23N3O/c1-14(2)22(19(23)13-15(3)20)18-11-9-17(10-12-18)21-16-7-5-4-6-8-16/h4-14,21H,20H2,1-3H3/b15-13+. The van der Waals surface area contributed by atoms with E-state index in [1.54, 1.807) is 11.8 Å². The summed E-state index contributed by atoms with van der Waals surface area (Å²) in [5.74, 6) is -0.108. The van der Waals surface area contributed by atoms with E-state index in [-0.39, 0.29) is 11.9 Å². The quantitative estimate of drug-likeness (QED) is 0.820. The lowest BCUT2D eigenvalue weighted by Gasteiger charge is -2.26. The second-order valence-electron chi connectivity index (χ2n) is 5.73. The molecular formula is C19H23N3O. The Morgan fingerprint density at radius 2 is 1.61 bits per heavy atom. The predicted molar refractivity (Wildman–Crippen MR) is 96.7 cm³/mol. The zero-order valence-electron chi connectivity index (χ0n) is 13.8. The van der Waals surface area contributed by atoms with Gasteiger partial charge in [-0.25, -0.2) is 0 Å². The highest BCUT2D eigenvalue weighted by molar-refractivity contribution is 6.02. The fourth-order valence-electron chi connectivity index (χ4n) is 2.34. The van der Waals surface area contributed by atoms with Crippen LogP contribution in [-0.2, 0) is 4.79 Å². The van der Waals surface area contributed by atoms with E-state index >= 15 is 0 Å². The molecular weight excluding hydrogens is 286 g/mol. The lowest BCUT2D eigenvalue weighted by atomic mass is 10.2. The van der Waals surface area contributed by atoms with Crippen molar-refractivity contribution in [1.29, 1.82) is 0 Å². The number of carbonyl (C=O) groups excluding carboxylic acids is 1. The molecule has 0 fully saturated rings. The monoisotopic (exact) mass is 309 g/mol. The zero-order chi connectivity index (χ0) is 16.8. The minimum absolute atomic E-state index is 0.0473. The van der Waals surface area contributed by atoms with Crippen LogP contribution in [0.5, 0.6) is 0 Å². The maximum Gasteiger partial charge on any atom is 0.252 e. The van der Waals surface area contributed by atoms with E-state index in [0.29, 0.717) is 5.70 Å². The van der Waals surface area contributed by atoms with E-state index in [4.69, 9.17) is 5.73 Å². The van der Waals surface area contributed by atoms with Gasteiger partial charge in [-0.05, 0) is 57.2 Å². The van der Waals surface area contributed by atoms with Crippen LogP contribution in [0.1, 0.15) is 20.8 Å². The number of allylic oxidation sites excluding steroid dienone is 1. The van der Waals surface area contributed by atoms with Gasteiger partial charge >= 0.3 is 0 Å². The van der Waals surface area contributed by atoms with Gasteiger partial charge in [-0.2, -0.15) is 0 Å². The molecule has 0 saturated heterocycles. The summed E-state index contributed by atoms with van der Waals surface area (Å²) in [7, 11) is 0. The number of nitrogens with one attached hydrogen (secondary N) is 1. The third kappa shape index (κ3) is 4.61. The third-order valence-corrected chi connectivity index (χ3v) is 3.31. The number of rotatable bonds is 5. The summed E-state index contributed by atoms with van der Waals surface area (Å²) in [5.41, 5.74) is 8.97. The number of nitrogens with two attached hydrogens (primary N) is 1. The molecule has 0 spiro atoms. The van der Waals surface area contributed by atoms with Crippen LogP contribution in [0.2, 0.25) is 0 Å². The van der Waals surface area contributed by atoms with Crippen molar-refractivity contribution in [3.8, 4) is 0 Å². The lowest BCUT2D eigenvalue weighted by molar-refractivity contribution is -0.114. The van der Waals surface area contributed by atoms with Gasteiger partial charge in [-0.1, -0.05) is 18.2 Å². The molecule has 4 nitrogen and oxygen atoms in total. The first-order valence-corrected chi connectivity index (χ1v) is 7.66. The maximum atomic E-state index is 12.3. The van der Waals surface area contributed by atoms with Crippen LogP contribution < -0.4 is 16.0 Å². The van der Waals surface area contributed by atoms with Crippen molar-refractivity contribution in [3.63, 3.8) is 0 Å². The molecule has 0 aliphatic rings. The van der Waals surface area contributed by atoms with Gasteiger partial charge in [0.2, 0.25) is 0 Å². The molecule has 0 atom stereocenters. The SMILES string of the molecule is C/C(N)=C\C(=O)N(c1ccc(Nc2ccccc2)cc1)C(C)C. The average molecular weight is 309 g/mol. The predicted octanol–water partition coefficient (Wildman–Crippen LogP) is 4.03. The van der Waals surface area contributed by atoms with Crippen molar-refractivity contribution in [2.24, 2.45) is 5.73 Å². The summed E-state index contributed by atoms with van der Waals surface area (Å²) >= 11 is 0. The molecule has 1 amide bonds. The first-order chi connectivity index (χ1) is 11.0. The smallest absolute Gasteiger partial charge is 0.252 e. The van der Waals surface area contributed by atoms with Gasteiger partial charge in [0.05, 0.1) is 0 Å². The molecule has 2 rings (SSSR count). The number of benzene rings is 2. The fraction of sp³-hybridized carbons (Fsp3) is 0.211. The largest absolute Gasteiger partial charge is 0.402 e. The van der Waals surface area contributed by atoms with Crippen LogP contribution in [0.3, 0.4) is 0 Å². The number of carbonyl (C=O) groups is 1. The summed E-state index contributed by atoms with van der Waals surface area (Å²) in [4.78, 5) is 14.1. The Hall–Kier alpha value is -2.75. The Balaban J connectivity index is 2.19. The molecule has 120 valence electrons. The van der Waals surface area contributed by atoms with Crippen LogP contribution in [0.25, 0.3) is 0 Å². The second kappa shape index (κ2) is 7.49. The maximum absolute atomic E-state index is 12.3. The zero-order valence-corrected chi connectivity index (χ0v) is 13.8. The minimum Gasteiger partial charge on any atom is -0.402 e. The number of hydrogen-bond donors (Lipinski definition) is 2. The molecule has 0 bridgehead atoms. The van der Waals surface area contributed by atoms with Crippen molar-refractivity contribution in [2.45, 2.75) is 26.8 Å². The number of para-hydroxylation sites is 1. The van der Waals surface area contributed by atoms with E-state index in [9.17, 15) is 4.79 Å². The van der Waals surface area contributed by atoms with Gasteiger partial charge in [-0.15, -0.1) is 0 Å². The number of amides is 1. The molecule has 0 unspecified atom stereocenters. The van der Waals surface area contributed by atoms with Crippen molar-refractivity contribution in [1.82, 2.24) is 0 Å². The first-order valence-electron chi connectivity index (χ1n) is 7.66. The number of nitrogens with zero attached hydrogens (tertiary/aromatic N) is 1. The fourth-order valence-corrected chi connectivity index (χ4v) is 2.34. The molecule has 0 saturated carbocycles. The van der Waals surface area contributed by atoms with Gasteiger partial charge in [0.25, 0.3) is 5.91 Å². The normalized spacial score (nSPS) is 11.4. The van der Waals surface area contributed by atoms with E-state index in [1.807, 2.05) is 68.4 Å². The van der Waals surface area contributed by atoms with Crippen molar-refractivity contribution < 1.29 is 4.79 Å². The van der Waals surface area contributed by atoms with E-state index < -0.39 is 0 Å². The Kier molecular flexibility index (Phi) is 5.41. The molecule has 0 aliphatic carbocycles. The molecule has 2 aromatic carbocycles. The van der Waals surface area contributed by atoms with Gasteiger partial charge in [0.1, 0.15) is 0 Å². The highest BCUT2D eigenvalue weighted by Gasteiger charge is 2.17. The van der Waals surface area contributed by atoms with Crippen molar-refractivity contribution >= 4 is 23.0 Å². The second-order valence-corrected chi connectivity index (χ2v) is 5.73. The topological polar surface area (TPSA) is 58.4 Å². The Bertz CT molecular complexity index is 672. The van der Waals surface area contributed by atoms with Crippen molar-refractivity contribution in [3.05, 3.63) is 66.4 Å². The summed E-state index contributed by atoms with van der Waals surface area (Å²) in [6, 6.07) is 17.8. The highest BCUT2D eigenvalue weighted by atomic mass is 16.2.